The zero-order valence-corrected chi connectivity index (χ0v) is 13.8. The molecule has 1 aliphatic rings. The molecule has 0 aromatic carbocycles. The van der Waals surface area contributed by atoms with Crippen molar-refractivity contribution in [2.24, 2.45) is 0 Å². The summed E-state index contributed by atoms with van der Waals surface area (Å²) in [7, 11) is 0. The van der Waals surface area contributed by atoms with Gasteiger partial charge in [0.1, 0.15) is 0 Å². The Balaban J connectivity index is 1.59. The van der Waals surface area contributed by atoms with Crippen LogP contribution in [0.15, 0.2) is 28.3 Å². The minimum Gasteiger partial charge on any atom is -0.376 e. The molecule has 4 nitrogen and oxygen atoms in total. The normalized spacial score (nSPS) is 20.2. The van der Waals surface area contributed by atoms with Crippen LogP contribution in [0.1, 0.15) is 30.7 Å². The minimum absolute atomic E-state index is 0.284. The number of aromatic nitrogens is 2. The quantitative estimate of drug-likeness (QED) is 0.878. The van der Waals surface area contributed by atoms with Gasteiger partial charge in [-0.05, 0) is 41.8 Å². The number of nitrogens with zero attached hydrogens (tertiary/aromatic N) is 2. The fourth-order valence-electron chi connectivity index (χ4n) is 2.41. The van der Waals surface area contributed by atoms with Gasteiger partial charge in [-0.25, -0.2) is 0 Å². The number of thiophene rings is 1. The van der Waals surface area contributed by atoms with Gasteiger partial charge in [-0.2, -0.15) is 5.10 Å². The summed E-state index contributed by atoms with van der Waals surface area (Å²) in [5, 5.41) is 9.99. The molecule has 2 aromatic rings. The molecule has 2 aromatic heterocycles. The van der Waals surface area contributed by atoms with Crippen molar-refractivity contribution in [1.82, 2.24) is 9.78 Å². The lowest BCUT2D eigenvalue weighted by Gasteiger charge is -2.11. The van der Waals surface area contributed by atoms with Gasteiger partial charge in [-0.15, -0.1) is 11.3 Å². The molecule has 0 amide bonds. The molecule has 3 rings (SSSR count). The summed E-state index contributed by atoms with van der Waals surface area (Å²) in [6, 6.07) is 2.44. The topological polar surface area (TPSA) is 39.1 Å². The van der Waals surface area contributed by atoms with Crippen molar-refractivity contribution in [3.05, 3.63) is 33.2 Å². The molecule has 0 aliphatic carbocycles. The van der Waals surface area contributed by atoms with Crippen molar-refractivity contribution in [2.45, 2.75) is 38.5 Å². The van der Waals surface area contributed by atoms with E-state index in [1.54, 1.807) is 11.3 Å². The summed E-state index contributed by atoms with van der Waals surface area (Å²) in [4.78, 5) is 1.31. The Hall–Kier alpha value is -0.850. The van der Waals surface area contributed by atoms with Crippen LogP contribution in [-0.2, 0) is 11.3 Å². The zero-order chi connectivity index (χ0) is 13.9. The van der Waals surface area contributed by atoms with Crippen molar-refractivity contribution >= 4 is 33.0 Å². The summed E-state index contributed by atoms with van der Waals surface area (Å²) in [6.45, 7) is 3.90. The lowest BCUT2D eigenvalue weighted by atomic mass is 10.2. The Kier molecular flexibility index (Phi) is 4.43. The first-order valence-electron chi connectivity index (χ1n) is 6.85. The maximum atomic E-state index is 5.63. The lowest BCUT2D eigenvalue weighted by molar-refractivity contribution is 0.0940. The monoisotopic (exact) mass is 355 g/mol. The lowest BCUT2D eigenvalue weighted by Crippen LogP contribution is -2.15. The first-order valence-corrected chi connectivity index (χ1v) is 8.52. The number of nitrogens with one attached hydrogen (secondary N) is 1. The number of halogens is 1. The molecule has 1 fully saturated rings. The van der Waals surface area contributed by atoms with E-state index in [-0.39, 0.29) is 6.04 Å². The zero-order valence-electron chi connectivity index (χ0n) is 11.4. The van der Waals surface area contributed by atoms with E-state index in [9.17, 15) is 0 Å². The maximum Gasteiger partial charge on any atom is 0.0771 e. The molecule has 0 spiro atoms. The van der Waals surface area contributed by atoms with Gasteiger partial charge < -0.3 is 10.1 Å². The molecule has 1 saturated heterocycles. The predicted molar refractivity (Wildman–Crippen MR) is 85.3 cm³/mol. The SMILES string of the molecule is CC(Nc1cnn(CC2CCCO2)c1)c1cc(Br)cs1. The molecule has 0 saturated carbocycles. The second-order valence-corrected chi connectivity index (χ2v) is 6.98. The number of hydrogen-bond donors (Lipinski definition) is 1. The molecule has 2 unspecified atom stereocenters. The molecule has 3 heterocycles. The van der Waals surface area contributed by atoms with E-state index in [4.69, 9.17) is 4.74 Å². The van der Waals surface area contributed by atoms with Crippen LogP contribution in [0.5, 0.6) is 0 Å². The van der Waals surface area contributed by atoms with Gasteiger partial charge in [0.25, 0.3) is 0 Å². The third-order valence-corrected chi connectivity index (χ3v) is 5.32. The Morgan fingerprint density at radius 3 is 3.25 bits per heavy atom. The van der Waals surface area contributed by atoms with Gasteiger partial charge in [0, 0.05) is 27.5 Å². The van der Waals surface area contributed by atoms with E-state index in [1.165, 1.54) is 11.3 Å². The molecule has 108 valence electrons. The van der Waals surface area contributed by atoms with Crippen molar-refractivity contribution in [2.75, 3.05) is 11.9 Å². The van der Waals surface area contributed by atoms with Gasteiger partial charge in [0.2, 0.25) is 0 Å². The Bertz CT molecular complexity index is 562. The highest BCUT2D eigenvalue weighted by Gasteiger charge is 2.16. The third kappa shape index (κ3) is 3.42. The summed E-state index contributed by atoms with van der Waals surface area (Å²) in [6.07, 6.45) is 6.58. The highest BCUT2D eigenvalue weighted by molar-refractivity contribution is 9.10. The second kappa shape index (κ2) is 6.28. The number of ether oxygens (including phenoxy) is 1. The van der Waals surface area contributed by atoms with Crippen molar-refractivity contribution in [1.29, 1.82) is 0 Å². The van der Waals surface area contributed by atoms with Crippen LogP contribution in [-0.4, -0.2) is 22.5 Å². The molecular formula is C14H18BrN3OS. The molecule has 0 bridgehead atoms. The van der Waals surface area contributed by atoms with E-state index < -0.39 is 0 Å². The van der Waals surface area contributed by atoms with Crippen LogP contribution in [0.25, 0.3) is 0 Å². The summed E-state index contributed by atoms with van der Waals surface area (Å²) >= 11 is 5.24. The Morgan fingerprint density at radius 2 is 2.55 bits per heavy atom. The van der Waals surface area contributed by atoms with Crippen molar-refractivity contribution in [3.8, 4) is 0 Å². The van der Waals surface area contributed by atoms with E-state index in [1.807, 2.05) is 10.9 Å². The van der Waals surface area contributed by atoms with Gasteiger partial charge >= 0.3 is 0 Å². The van der Waals surface area contributed by atoms with Gasteiger partial charge in [0.15, 0.2) is 0 Å². The van der Waals surface area contributed by atoms with Gasteiger partial charge in [-0.1, -0.05) is 0 Å². The highest BCUT2D eigenvalue weighted by Crippen LogP contribution is 2.27. The van der Waals surface area contributed by atoms with Crippen LogP contribution >= 0.6 is 27.3 Å². The van der Waals surface area contributed by atoms with E-state index >= 15 is 0 Å². The smallest absolute Gasteiger partial charge is 0.0771 e. The highest BCUT2D eigenvalue weighted by atomic mass is 79.9. The second-order valence-electron chi connectivity index (χ2n) is 5.12. The fourth-order valence-corrected chi connectivity index (χ4v) is 3.86. The van der Waals surface area contributed by atoms with Crippen LogP contribution in [0, 0.1) is 0 Å². The minimum atomic E-state index is 0.284. The molecular weight excluding hydrogens is 338 g/mol. The predicted octanol–water partition coefficient (Wildman–Crippen LogP) is 4.06. The van der Waals surface area contributed by atoms with E-state index in [2.05, 4.69) is 50.9 Å². The Labute approximate surface area is 131 Å². The molecule has 6 heteroatoms. The van der Waals surface area contributed by atoms with E-state index in [0.29, 0.717) is 6.10 Å². The Morgan fingerprint density at radius 1 is 1.65 bits per heavy atom. The standard InChI is InChI=1S/C14H18BrN3OS/c1-10(14-5-11(15)9-20-14)17-12-6-16-18(7-12)8-13-3-2-4-19-13/h5-7,9-10,13,17H,2-4,8H2,1H3. The fraction of sp³-hybridized carbons (Fsp3) is 0.500. The average Bonchev–Trinajstić information content (AvgIpc) is 3.13. The molecule has 1 aliphatic heterocycles. The average molecular weight is 356 g/mol. The summed E-state index contributed by atoms with van der Waals surface area (Å²) in [5.74, 6) is 0. The van der Waals surface area contributed by atoms with Gasteiger partial charge in [0.05, 0.1) is 30.6 Å². The van der Waals surface area contributed by atoms with Crippen molar-refractivity contribution < 1.29 is 4.74 Å². The van der Waals surface area contributed by atoms with Crippen LogP contribution in [0.2, 0.25) is 0 Å². The molecule has 0 radical (unpaired) electrons. The van der Waals surface area contributed by atoms with Crippen LogP contribution in [0.3, 0.4) is 0 Å². The summed E-state index contributed by atoms with van der Waals surface area (Å²) in [5.41, 5.74) is 1.06. The maximum absolute atomic E-state index is 5.63. The third-order valence-electron chi connectivity index (χ3n) is 3.45. The van der Waals surface area contributed by atoms with Gasteiger partial charge in [-0.3, -0.25) is 4.68 Å². The first-order chi connectivity index (χ1) is 9.70. The van der Waals surface area contributed by atoms with Crippen LogP contribution < -0.4 is 5.32 Å². The molecule has 2 atom stereocenters. The first kappa shape index (κ1) is 14.1. The number of anilines is 1. The molecule has 1 N–H and O–H groups in total. The van der Waals surface area contributed by atoms with Crippen LogP contribution in [0.4, 0.5) is 5.69 Å². The van der Waals surface area contributed by atoms with Crippen molar-refractivity contribution in [3.63, 3.8) is 0 Å². The summed E-state index contributed by atoms with van der Waals surface area (Å²) < 4.78 is 8.74. The van der Waals surface area contributed by atoms with E-state index in [0.717, 1.165) is 29.7 Å². The molecule has 20 heavy (non-hydrogen) atoms. The number of rotatable bonds is 5. The number of hydrogen-bond acceptors (Lipinski definition) is 4. The largest absolute Gasteiger partial charge is 0.376 e.